The van der Waals surface area contributed by atoms with Gasteiger partial charge in [-0.2, -0.15) is 0 Å². The van der Waals surface area contributed by atoms with Gasteiger partial charge in [0, 0.05) is 0 Å². The third-order valence-electron chi connectivity index (χ3n) is 2.13. The van der Waals surface area contributed by atoms with Gasteiger partial charge < -0.3 is 20.4 Å². The highest BCUT2D eigenvalue weighted by molar-refractivity contribution is 8.17. The van der Waals surface area contributed by atoms with Crippen molar-refractivity contribution in [2.45, 2.75) is 49.8 Å². The number of hydrogen-bond donors (Lipinski definition) is 4. The van der Waals surface area contributed by atoms with E-state index in [0.29, 0.717) is 0 Å². The van der Waals surface area contributed by atoms with E-state index in [1.165, 1.54) is 30.4 Å². The highest BCUT2D eigenvalue weighted by Crippen LogP contribution is 2.29. The molecule has 4 nitrogen and oxygen atoms in total. The van der Waals surface area contributed by atoms with Crippen molar-refractivity contribution in [2.75, 3.05) is 11.5 Å². The molecular formula is C10H22O4S2. The molecule has 0 amide bonds. The van der Waals surface area contributed by atoms with Gasteiger partial charge in [0.05, 0.1) is 10.7 Å². The summed E-state index contributed by atoms with van der Waals surface area (Å²) in [6.07, 6.45) is -4.72. The van der Waals surface area contributed by atoms with Crippen LogP contribution in [0.2, 0.25) is 0 Å². The van der Waals surface area contributed by atoms with Crippen LogP contribution in [-0.4, -0.2) is 60.9 Å². The smallest absolute Gasteiger partial charge is 0.110 e. The Hall–Kier alpha value is 0.540. The van der Waals surface area contributed by atoms with E-state index in [2.05, 4.69) is 0 Å². The second kappa shape index (κ2) is 8.60. The van der Waals surface area contributed by atoms with E-state index < -0.39 is 24.4 Å². The van der Waals surface area contributed by atoms with Crippen molar-refractivity contribution < 1.29 is 20.4 Å². The lowest BCUT2D eigenvalue weighted by atomic mass is 10.1. The fourth-order valence-electron chi connectivity index (χ4n) is 1.22. The van der Waals surface area contributed by atoms with Gasteiger partial charge >= 0.3 is 0 Å². The van der Waals surface area contributed by atoms with E-state index in [9.17, 15) is 15.3 Å². The van der Waals surface area contributed by atoms with E-state index in [1.807, 2.05) is 13.8 Å². The summed E-state index contributed by atoms with van der Waals surface area (Å²) >= 11 is 3.05. The molecule has 0 heterocycles. The van der Waals surface area contributed by atoms with Crippen LogP contribution in [0.3, 0.4) is 0 Å². The molecule has 0 aliphatic heterocycles. The lowest BCUT2D eigenvalue weighted by Gasteiger charge is -2.29. The first-order valence-electron chi connectivity index (χ1n) is 5.41. The van der Waals surface area contributed by atoms with Gasteiger partial charge in [-0.25, -0.2) is 0 Å². The predicted octanol–water partition coefficient (Wildman–Crippen LogP) is 0.282. The fourth-order valence-corrected chi connectivity index (χ4v) is 3.80. The molecule has 16 heavy (non-hydrogen) atoms. The summed E-state index contributed by atoms with van der Waals surface area (Å²) in [5.74, 6) is 1.65. The minimum atomic E-state index is -1.32. The van der Waals surface area contributed by atoms with E-state index in [1.54, 1.807) is 0 Å². The third-order valence-corrected chi connectivity index (χ3v) is 4.83. The van der Waals surface area contributed by atoms with Crippen LogP contribution in [-0.2, 0) is 0 Å². The Labute approximate surface area is 105 Å². The minimum Gasteiger partial charge on any atom is -0.391 e. The zero-order valence-corrected chi connectivity index (χ0v) is 11.5. The number of hydrogen-bond acceptors (Lipinski definition) is 6. The molecule has 6 heteroatoms. The van der Waals surface area contributed by atoms with Crippen LogP contribution in [0.4, 0.5) is 0 Å². The number of thioether (sulfide) groups is 2. The molecule has 98 valence electrons. The van der Waals surface area contributed by atoms with Crippen molar-refractivity contribution in [3.63, 3.8) is 0 Å². The fraction of sp³-hybridized carbons (Fsp3) is 1.00. The largest absolute Gasteiger partial charge is 0.391 e. The summed E-state index contributed by atoms with van der Waals surface area (Å²) in [6.45, 7) is 5.33. The van der Waals surface area contributed by atoms with Gasteiger partial charge in [-0.05, 0) is 18.4 Å². The molecule has 0 aromatic heterocycles. The summed E-state index contributed by atoms with van der Waals surface area (Å²) in [7, 11) is 0. The highest BCUT2D eigenvalue weighted by Gasteiger charge is 2.33. The van der Waals surface area contributed by atoms with Crippen molar-refractivity contribution in [2.24, 2.45) is 0 Å². The molecule has 0 aliphatic rings. The van der Waals surface area contributed by atoms with Crippen LogP contribution < -0.4 is 0 Å². The van der Waals surface area contributed by atoms with E-state index in [0.717, 1.165) is 11.5 Å². The lowest BCUT2D eigenvalue weighted by Crippen LogP contribution is -2.46. The molecule has 0 fully saturated rings. The molecule has 0 unspecified atom stereocenters. The van der Waals surface area contributed by atoms with E-state index >= 15 is 0 Å². The lowest BCUT2D eigenvalue weighted by molar-refractivity contribution is -0.0952. The predicted molar refractivity (Wildman–Crippen MR) is 69.8 cm³/mol. The monoisotopic (exact) mass is 270 g/mol. The SMILES string of the molecule is CCSC(SCC)[C@@H](O)[C@@H](O)[C@@H](O)[C@@H](C)O. The van der Waals surface area contributed by atoms with Crippen LogP contribution >= 0.6 is 23.5 Å². The van der Waals surface area contributed by atoms with Crippen molar-refractivity contribution in [3.05, 3.63) is 0 Å². The van der Waals surface area contributed by atoms with Gasteiger partial charge in [-0.1, -0.05) is 13.8 Å². The molecule has 0 saturated carbocycles. The first-order chi connectivity index (χ1) is 7.45. The van der Waals surface area contributed by atoms with E-state index in [4.69, 9.17) is 5.11 Å². The van der Waals surface area contributed by atoms with Crippen molar-refractivity contribution in [3.8, 4) is 0 Å². The summed E-state index contributed by atoms with van der Waals surface area (Å²) in [5.41, 5.74) is 0. The topological polar surface area (TPSA) is 80.9 Å². The number of aliphatic hydroxyl groups is 4. The van der Waals surface area contributed by atoms with Crippen molar-refractivity contribution >= 4 is 23.5 Å². The molecule has 0 aromatic rings. The Bertz CT molecular complexity index is 172. The number of aliphatic hydroxyl groups excluding tert-OH is 4. The van der Waals surface area contributed by atoms with Crippen LogP contribution in [0.15, 0.2) is 0 Å². The van der Waals surface area contributed by atoms with Gasteiger partial charge in [0.2, 0.25) is 0 Å². The second-order valence-corrected chi connectivity index (χ2v) is 6.63. The molecule has 4 atom stereocenters. The zero-order chi connectivity index (χ0) is 12.7. The van der Waals surface area contributed by atoms with Crippen LogP contribution in [0.5, 0.6) is 0 Å². The zero-order valence-electron chi connectivity index (χ0n) is 9.91. The minimum absolute atomic E-state index is 0.182. The molecule has 0 saturated heterocycles. The maximum Gasteiger partial charge on any atom is 0.110 e. The maximum absolute atomic E-state index is 9.90. The van der Waals surface area contributed by atoms with Gasteiger partial charge in [0.15, 0.2) is 0 Å². The van der Waals surface area contributed by atoms with Crippen molar-refractivity contribution in [1.82, 2.24) is 0 Å². The molecule has 4 N–H and O–H groups in total. The average molecular weight is 270 g/mol. The molecule has 0 rings (SSSR count). The maximum atomic E-state index is 9.90. The molecule has 0 bridgehead atoms. The summed E-state index contributed by atoms with van der Waals surface area (Å²) < 4.78 is -0.182. The number of rotatable bonds is 8. The van der Waals surface area contributed by atoms with Gasteiger partial charge in [-0.3, -0.25) is 0 Å². The molecule has 0 aromatic carbocycles. The normalized spacial score (nSPS) is 19.5. The third kappa shape index (κ3) is 5.25. The average Bonchev–Trinajstić information content (AvgIpc) is 2.25. The first kappa shape index (κ1) is 16.5. The standard InChI is InChI=1S/C10H22O4S2/c1-4-15-10(16-5-2)9(14)8(13)7(12)6(3)11/h6-14H,4-5H2,1-3H3/t6-,7+,8+,9+/m1/s1. The summed E-state index contributed by atoms with van der Waals surface area (Å²) in [6, 6.07) is 0. The van der Waals surface area contributed by atoms with Gasteiger partial charge in [0.25, 0.3) is 0 Å². The molecule has 0 radical (unpaired) electrons. The summed E-state index contributed by atoms with van der Waals surface area (Å²) in [4.78, 5) is 0. The Morgan fingerprint density at radius 2 is 1.25 bits per heavy atom. The molecular weight excluding hydrogens is 248 g/mol. The van der Waals surface area contributed by atoms with Gasteiger partial charge in [-0.15, -0.1) is 23.5 Å². The summed E-state index contributed by atoms with van der Waals surface area (Å²) in [5, 5.41) is 38.2. The van der Waals surface area contributed by atoms with Crippen LogP contribution in [0, 0.1) is 0 Å². The molecule has 0 aliphatic carbocycles. The van der Waals surface area contributed by atoms with Crippen molar-refractivity contribution in [1.29, 1.82) is 0 Å². The highest BCUT2D eigenvalue weighted by atomic mass is 32.2. The van der Waals surface area contributed by atoms with Crippen LogP contribution in [0.25, 0.3) is 0 Å². The van der Waals surface area contributed by atoms with E-state index in [-0.39, 0.29) is 4.58 Å². The van der Waals surface area contributed by atoms with Gasteiger partial charge in [0.1, 0.15) is 18.3 Å². The Balaban J connectivity index is 4.40. The Morgan fingerprint density at radius 3 is 1.56 bits per heavy atom. The Morgan fingerprint density at radius 1 is 0.812 bits per heavy atom. The quantitative estimate of drug-likeness (QED) is 0.475. The second-order valence-electron chi connectivity index (χ2n) is 3.49. The Kier molecular flexibility index (Phi) is 8.90. The first-order valence-corrected chi connectivity index (χ1v) is 7.50. The molecule has 0 spiro atoms. The van der Waals surface area contributed by atoms with Crippen LogP contribution in [0.1, 0.15) is 20.8 Å².